The topological polar surface area (TPSA) is 33.7 Å². The van der Waals surface area contributed by atoms with Gasteiger partial charge in [0, 0.05) is 43.9 Å². The number of ether oxygens (including phenoxy) is 2. The van der Waals surface area contributed by atoms with Crippen LogP contribution in [-0.4, -0.2) is 45.3 Å². The van der Waals surface area contributed by atoms with Crippen molar-refractivity contribution in [3.8, 4) is 11.5 Å². The molecule has 1 aliphatic heterocycles. The highest BCUT2D eigenvalue weighted by Gasteiger charge is 2.25. The first-order chi connectivity index (χ1) is 10.7. The van der Waals surface area contributed by atoms with E-state index >= 15 is 0 Å². The molecule has 1 N–H and O–H groups in total. The molecule has 0 spiro atoms. The summed E-state index contributed by atoms with van der Waals surface area (Å²) in [6.07, 6.45) is 3.58. The molecule has 0 aromatic heterocycles. The van der Waals surface area contributed by atoms with Gasteiger partial charge in [-0.05, 0) is 18.9 Å². The Bertz CT molecular complexity index is 512. The molecule has 0 radical (unpaired) electrons. The Morgan fingerprint density at radius 1 is 1.21 bits per heavy atom. The van der Waals surface area contributed by atoms with Gasteiger partial charge in [-0.1, -0.05) is 6.08 Å². The number of halogens is 3. The van der Waals surface area contributed by atoms with E-state index in [0.717, 1.165) is 39.0 Å². The summed E-state index contributed by atoms with van der Waals surface area (Å²) in [6, 6.07) is 3.21. The molecule has 0 amide bonds. The first kappa shape index (κ1) is 23.0. The molecule has 138 valence electrons. The van der Waals surface area contributed by atoms with Crippen LogP contribution >= 0.6 is 24.8 Å². The first-order valence-electron chi connectivity index (χ1n) is 7.68. The molecule has 7 heteroatoms. The van der Waals surface area contributed by atoms with E-state index in [1.807, 2.05) is 6.08 Å². The maximum atomic E-state index is 14.6. The molecule has 1 aromatic rings. The summed E-state index contributed by atoms with van der Waals surface area (Å²) >= 11 is 0. The van der Waals surface area contributed by atoms with Gasteiger partial charge in [0.1, 0.15) is 5.82 Å². The smallest absolute Gasteiger partial charge is 0.163 e. The number of nitrogens with zero attached hydrogens (tertiary/aromatic N) is 1. The third-order valence-corrected chi connectivity index (χ3v) is 4.10. The van der Waals surface area contributed by atoms with E-state index in [4.69, 9.17) is 9.47 Å². The standard InChI is InChI=1S/C17H25FN2O2.2ClH/c1-4-5-6-15(20-9-7-19-8-10-20)13-11-16(21-2)17(22-3)12-14(13)18;;/h4,11-12,15,19H,1,5-10H2,2-3H3;2*1H/t15-;;/m0../s1. The van der Waals surface area contributed by atoms with E-state index in [-0.39, 0.29) is 36.7 Å². The van der Waals surface area contributed by atoms with E-state index in [0.29, 0.717) is 17.1 Å². The highest BCUT2D eigenvalue weighted by atomic mass is 35.5. The minimum Gasteiger partial charge on any atom is -0.493 e. The molecule has 1 atom stereocenters. The number of hydrogen-bond acceptors (Lipinski definition) is 4. The zero-order valence-corrected chi connectivity index (χ0v) is 15.9. The zero-order chi connectivity index (χ0) is 15.9. The predicted octanol–water partition coefficient (Wildman–Crippen LogP) is 3.60. The van der Waals surface area contributed by atoms with Crippen LogP contribution in [0.3, 0.4) is 0 Å². The molecule has 1 fully saturated rings. The van der Waals surface area contributed by atoms with Crippen LogP contribution in [0.25, 0.3) is 0 Å². The normalized spacial score (nSPS) is 15.6. The van der Waals surface area contributed by atoms with Gasteiger partial charge in [-0.25, -0.2) is 4.39 Å². The van der Waals surface area contributed by atoms with Gasteiger partial charge in [0.05, 0.1) is 14.2 Å². The Morgan fingerprint density at radius 3 is 2.33 bits per heavy atom. The molecule has 4 nitrogen and oxygen atoms in total. The molecule has 0 saturated carbocycles. The lowest BCUT2D eigenvalue weighted by atomic mass is 9.98. The molecule has 0 aliphatic carbocycles. The van der Waals surface area contributed by atoms with Crippen LogP contribution in [0.15, 0.2) is 24.8 Å². The van der Waals surface area contributed by atoms with Crippen LogP contribution in [0.5, 0.6) is 11.5 Å². The molecular formula is C17H27Cl2FN2O2. The Kier molecular flexibility index (Phi) is 11.0. The number of hydrogen-bond donors (Lipinski definition) is 1. The van der Waals surface area contributed by atoms with E-state index < -0.39 is 0 Å². The van der Waals surface area contributed by atoms with Crippen molar-refractivity contribution in [1.82, 2.24) is 10.2 Å². The fraction of sp³-hybridized carbons (Fsp3) is 0.529. The summed E-state index contributed by atoms with van der Waals surface area (Å²) in [6.45, 7) is 7.47. The van der Waals surface area contributed by atoms with Gasteiger partial charge in [0.15, 0.2) is 11.5 Å². The number of allylic oxidation sites excluding steroid dienone is 1. The van der Waals surface area contributed by atoms with Crippen molar-refractivity contribution in [3.05, 3.63) is 36.2 Å². The highest BCUT2D eigenvalue weighted by Crippen LogP contribution is 2.36. The summed E-state index contributed by atoms with van der Waals surface area (Å²) in [4.78, 5) is 2.32. The average Bonchev–Trinajstić information content (AvgIpc) is 2.57. The van der Waals surface area contributed by atoms with Gasteiger partial charge in [-0.15, -0.1) is 31.4 Å². The zero-order valence-electron chi connectivity index (χ0n) is 14.2. The molecule has 1 aromatic carbocycles. The number of nitrogens with one attached hydrogen (secondary N) is 1. The van der Waals surface area contributed by atoms with E-state index in [9.17, 15) is 4.39 Å². The monoisotopic (exact) mass is 380 g/mol. The number of rotatable bonds is 7. The quantitative estimate of drug-likeness (QED) is 0.732. The maximum Gasteiger partial charge on any atom is 0.163 e. The van der Waals surface area contributed by atoms with Crippen molar-refractivity contribution in [2.75, 3.05) is 40.4 Å². The van der Waals surface area contributed by atoms with Crippen LogP contribution in [0, 0.1) is 5.82 Å². The summed E-state index contributed by atoms with van der Waals surface area (Å²) in [7, 11) is 3.09. The lowest BCUT2D eigenvalue weighted by Gasteiger charge is -2.35. The van der Waals surface area contributed by atoms with Crippen LogP contribution in [0.4, 0.5) is 4.39 Å². The van der Waals surface area contributed by atoms with Crippen molar-refractivity contribution in [2.24, 2.45) is 0 Å². The summed E-state index contributed by atoms with van der Waals surface area (Å²) in [5.74, 6) is 0.745. The minimum absolute atomic E-state index is 0. The second-order valence-corrected chi connectivity index (χ2v) is 5.40. The fourth-order valence-corrected chi connectivity index (χ4v) is 2.93. The third kappa shape index (κ3) is 5.52. The SMILES string of the molecule is C=CCC[C@@H](c1cc(OC)c(OC)cc1F)N1CCNCC1.Cl.Cl. The van der Waals surface area contributed by atoms with E-state index in [2.05, 4.69) is 16.8 Å². The van der Waals surface area contributed by atoms with Crippen molar-refractivity contribution < 1.29 is 13.9 Å². The van der Waals surface area contributed by atoms with E-state index in [1.54, 1.807) is 13.2 Å². The van der Waals surface area contributed by atoms with Crippen molar-refractivity contribution in [1.29, 1.82) is 0 Å². The van der Waals surface area contributed by atoms with Gasteiger partial charge in [-0.2, -0.15) is 0 Å². The predicted molar refractivity (Wildman–Crippen MR) is 101 cm³/mol. The summed E-state index contributed by atoms with van der Waals surface area (Å²) in [5, 5.41) is 3.33. The molecule has 0 unspecified atom stereocenters. The Morgan fingerprint density at radius 2 is 1.79 bits per heavy atom. The highest BCUT2D eigenvalue weighted by molar-refractivity contribution is 5.85. The summed E-state index contributed by atoms with van der Waals surface area (Å²) < 4.78 is 25.1. The van der Waals surface area contributed by atoms with Crippen molar-refractivity contribution in [3.63, 3.8) is 0 Å². The van der Waals surface area contributed by atoms with Crippen LogP contribution in [0.2, 0.25) is 0 Å². The van der Waals surface area contributed by atoms with Gasteiger partial charge in [0.25, 0.3) is 0 Å². The third-order valence-electron chi connectivity index (χ3n) is 4.10. The molecule has 1 heterocycles. The molecule has 2 rings (SSSR count). The van der Waals surface area contributed by atoms with Gasteiger partial charge in [0.2, 0.25) is 0 Å². The molecule has 24 heavy (non-hydrogen) atoms. The lowest BCUT2D eigenvalue weighted by molar-refractivity contribution is 0.162. The molecule has 1 aliphatic rings. The number of benzene rings is 1. The Hall–Kier alpha value is -1.01. The first-order valence-corrected chi connectivity index (χ1v) is 7.68. The van der Waals surface area contributed by atoms with Gasteiger partial charge >= 0.3 is 0 Å². The maximum absolute atomic E-state index is 14.6. The second-order valence-electron chi connectivity index (χ2n) is 5.40. The summed E-state index contributed by atoms with van der Waals surface area (Å²) in [5.41, 5.74) is 0.668. The molecular weight excluding hydrogens is 354 g/mol. The average molecular weight is 381 g/mol. The number of piperazine rings is 1. The second kappa shape index (κ2) is 11.5. The largest absolute Gasteiger partial charge is 0.493 e. The van der Waals surface area contributed by atoms with Gasteiger partial charge < -0.3 is 14.8 Å². The molecule has 0 bridgehead atoms. The van der Waals surface area contributed by atoms with Crippen LogP contribution in [-0.2, 0) is 0 Å². The van der Waals surface area contributed by atoms with Gasteiger partial charge in [-0.3, -0.25) is 4.90 Å². The van der Waals surface area contributed by atoms with Crippen molar-refractivity contribution in [2.45, 2.75) is 18.9 Å². The fourth-order valence-electron chi connectivity index (χ4n) is 2.93. The Labute approximate surface area is 156 Å². The Balaban J connectivity index is 0.00000264. The van der Waals surface area contributed by atoms with Crippen molar-refractivity contribution >= 4 is 24.8 Å². The lowest BCUT2D eigenvalue weighted by Crippen LogP contribution is -2.45. The van der Waals surface area contributed by atoms with Crippen LogP contribution < -0.4 is 14.8 Å². The van der Waals surface area contributed by atoms with Crippen LogP contribution in [0.1, 0.15) is 24.4 Å². The number of methoxy groups -OCH3 is 2. The van der Waals surface area contributed by atoms with E-state index in [1.165, 1.54) is 13.2 Å². The molecule has 1 saturated heterocycles. The minimum atomic E-state index is -0.245.